The maximum Gasteiger partial charge on any atom is 0.168 e. The summed E-state index contributed by atoms with van der Waals surface area (Å²) in [6.07, 6.45) is 3.78. The molecule has 7 heteroatoms. The van der Waals surface area contributed by atoms with Crippen molar-refractivity contribution in [1.82, 2.24) is 19.5 Å². The van der Waals surface area contributed by atoms with Gasteiger partial charge in [-0.3, -0.25) is 4.98 Å². The fourth-order valence-corrected chi connectivity index (χ4v) is 5.18. The summed E-state index contributed by atoms with van der Waals surface area (Å²) in [7, 11) is 2.01. The van der Waals surface area contributed by atoms with Crippen molar-refractivity contribution < 1.29 is 0 Å². The van der Waals surface area contributed by atoms with E-state index in [0.29, 0.717) is 0 Å². The zero-order valence-electron chi connectivity index (χ0n) is 13.6. The Hall–Kier alpha value is -1.83. The third-order valence-corrected chi connectivity index (χ3v) is 6.91. The van der Waals surface area contributed by atoms with Crippen LogP contribution in [-0.4, -0.2) is 19.5 Å². The van der Waals surface area contributed by atoms with E-state index in [1.807, 2.05) is 30.1 Å². The van der Waals surface area contributed by atoms with Crippen LogP contribution in [0.4, 0.5) is 0 Å². The monoisotopic (exact) mass is 384 g/mol. The number of aryl methyl sites for hydroxylation is 1. The minimum absolute atomic E-state index is 0.824. The molecule has 0 radical (unpaired) electrons. The molecule has 0 aliphatic rings. The van der Waals surface area contributed by atoms with Crippen LogP contribution >= 0.6 is 34.9 Å². The van der Waals surface area contributed by atoms with E-state index in [9.17, 15) is 0 Å². The molecule has 0 saturated heterocycles. The normalized spacial score (nSPS) is 11.2. The van der Waals surface area contributed by atoms with Crippen molar-refractivity contribution in [1.29, 1.82) is 0 Å². The van der Waals surface area contributed by atoms with Crippen molar-refractivity contribution >= 4 is 45.1 Å². The lowest BCUT2D eigenvalue weighted by atomic mass is 10.3. The SMILES string of the molecule is Cn1ccnc1SCc1cccc(CSc2nc3ccccc3s2)n1. The number of fused-ring (bicyclic) bond motifs is 1. The Labute approximate surface area is 158 Å². The van der Waals surface area contributed by atoms with Gasteiger partial charge in [-0.1, -0.05) is 41.7 Å². The molecular weight excluding hydrogens is 368 g/mol. The first-order valence-corrected chi connectivity index (χ1v) is 10.6. The Kier molecular flexibility index (Phi) is 5.05. The molecule has 0 unspecified atom stereocenters. The van der Waals surface area contributed by atoms with Gasteiger partial charge < -0.3 is 4.57 Å². The molecular formula is C18H16N4S3. The number of nitrogens with zero attached hydrogens (tertiary/aromatic N) is 4. The Morgan fingerprint density at radius 3 is 2.52 bits per heavy atom. The van der Waals surface area contributed by atoms with Gasteiger partial charge in [0.15, 0.2) is 9.50 Å². The molecule has 0 atom stereocenters. The number of hydrogen-bond acceptors (Lipinski definition) is 6. The van der Waals surface area contributed by atoms with Crippen LogP contribution in [0.25, 0.3) is 10.2 Å². The lowest BCUT2D eigenvalue weighted by Crippen LogP contribution is -1.94. The summed E-state index contributed by atoms with van der Waals surface area (Å²) in [6, 6.07) is 14.5. The van der Waals surface area contributed by atoms with E-state index in [0.717, 1.165) is 37.9 Å². The molecule has 3 aromatic heterocycles. The average Bonchev–Trinajstić information content (AvgIpc) is 3.24. The Bertz CT molecular complexity index is 960. The maximum atomic E-state index is 4.77. The number of rotatable bonds is 6. The first-order valence-electron chi connectivity index (χ1n) is 7.81. The molecule has 0 amide bonds. The molecule has 0 fully saturated rings. The largest absolute Gasteiger partial charge is 0.329 e. The summed E-state index contributed by atoms with van der Waals surface area (Å²) in [6.45, 7) is 0. The molecule has 3 heterocycles. The van der Waals surface area contributed by atoms with Crippen molar-refractivity contribution in [3.8, 4) is 0 Å². The Morgan fingerprint density at radius 2 is 1.76 bits per heavy atom. The lowest BCUT2D eigenvalue weighted by Gasteiger charge is -2.04. The van der Waals surface area contributed by atoms with Crippen molar-refractivity contribution in [3.63, 3.8) is 0 Å². The van der Waals surface area contributed by atoms with E-state index in [2.05, 4.69) is 46.4 Å². The van der Waals surface area contributed by atoms with E-state index in [1.54, 1.807) is 34.9 Å². The number of imidazole rings is 1. The first-order chi connectivity index (χ1) is 12.3. The van der Waals surface area contributed by atoms with E-state index in [4.69, 9.17) is 4.98 Å². The highest BCUT2D eigenvalue weighted by atomic mass is 32.2. The summed E-state index contributed by atoms with van der Waals surface area (Å²) >= 11 is 5.19. The summed E-state index contributed by atoms with van der Waals surface area (Å²) in [5.41, 5.74) is 3.24. The van der Waals surface area contributed by atoms with Gasteiger partial charge in [0, 0.05) is 30.9 Å². The van der Waals surface area contributed by atoms with E-state index < -0.39 is 0 Å². The smallest absolute Gasteiger partial charge is 0.168 e. The van der Waals surface area contributed by atoms with Crippen LogP contribution in [0, 0.1) is 0 Å². The second-order valence-corrected chi connectivity index (χ2v) is 8.66. The highest BCUT2D eigenvalue weighted by Crippen LogP contribution is 2.31. The van der Waals surface area contributed by atoms with Gasteiger partial charge >= 0.3 is 0 Å². The number of hydrogen-bond donors (Lipinski definition) is 0. The summed E-state index contributed by atoms with van der Waals surface area (Å²) in [5.74, 6) is 1.66. The number of thiazole rings is 1. The number of aromatic nitrogens is 4. The molecule has 0 aliphatic heterocycles. The fraction of sp³-hybridized carbons (Fsp3) is 0.167. The molecule has 0 N–H and O–H groups in total. The molecule has 1 aromatic carbocycles. The first kappa shape index (κ1) is 16.6. The molecule has 4 aromatic rings. The Balaban J connectivity index is 1.40. The molecule has 4 nitrogen and oxygen atoms in total. The second kappa shape index (κ2) is 7.59. The molecule has 4 rings (SSSR count). The number of thioether (sulfide) groups is 2. The summed E-state index contributed by atoms with van der Waals surface area (Å²) in [4.78, 5) is 13.8. The van der Waals surface area contributed by atoms with Crippen LogP contribution in [0.15, 0.2) is 64.4 Å². The minimum atomic E-state index is 0.824. The summed E-state index contributed by atoms with van der Waals surface area (Å²) in [5, 5.41) is 1.01. The zero-order chi connectivity index (χ0) is 17.1. The Morgan fingerprint density at radius 1 is 0.960 bits per heavy atom. The van der Waals surface area contributed by atoms with Gasteiger partial charge in [-0.2, -0.15) is 0 Å². The van der Waals surface area contributed by atoms with Crippen LogP contribution < -0.4 is 0 Å². The van der Waals surface area contributed by atoms with E-state index in [1.165, 1.54) is 4.70 Å². The number of para-hydroxylation sites is 1. The van der Waals surface area contributed by atoms with Crippen molar-refractivity contribution in [2.75, 3.05) is 0 Å². The molecule has 0 saturated carbocycles. The predicted octanol–water partition coefficient (Wildman–Crippen LogP) is 5.01. The van der Waals surface area contributed by atoms with Gasteiger partial charge in [0.1, 0.15) is 0 Å². The molecule has 0 bridgehead atoms. The standard InChI is InChI=1S/C18H16N4S3/c1-22-10-9-19-17(22)23-11-13-5-4-6-14(20-13)12-24-18-21-15-7-2-3-8-16(15)25-18/h2-10H,11-12H2,1H3. The third-order valence-electron chi connectivity index (χ3n) is 3.61. The second-order valence-electron chi connectivity index (χ2n) is 5.47. The van der Waals surface area contributed by atoms with Gasteiger partial charge in [-0.25, -0.2) is 9.97 Å². The molecule has 126 valence electrons. The third kappa shape index (κ3) is 4.05. The van der Waals surface area contributed by atoms with Crippen molar-refractivity contribution in [3.05, 3.63) is 66.2 Å². The average molecular weight is 385 g/mol. The molecule has 0 spiro atoms. The quantitative estimate of drug-likeness (QED) is 0.437. The minimum Gasteiger partial charge on any atom is -0.329 e. The highest BCUT2D eigenvalue weighted by Gasteiger charge is 2.06. The highest BCUT2D eigenvalue weighted by molar-refractivity contribution is 8.00. The van der Waals surface area contributed by atoms with Crippen LogP contribution in [0.2, 0.25) is 0 Å². The number of benzene rings is 1. The zero-order valence-corrected chi connectivity index (χ0v) is 16.1. The number of pyridine rings is 1. The maximum absolute atomic E-state index is 4.77. The van der Waals surface area contributed by atoms with Gasteiger partial charge in [0.05, 0.1) is 21.6 Å². The van der Waals surface area contributed by atoms with Crippen LogP contribution in [0.1, 0.15) is 11.4 Å². The van der Waals surface area contributed by atoms with Gasteiger partial charge in [-0.15, -0.1) is 11.3 Å². The van der Waals surface area contributed by atoms with E-state index >= 15 is 0 Å². The van der Waals surface area contributed by atoms with E-state index in [-0.39, 0.29) is 0 Å². The van der Waals surface area contributed by atoms with Crippen molar-refractivity contribution in [2.24, 2.45) is 7.05 Å². The van der Waals surface area contributed by atoms with Crippen molar-refractivity contribution in [2.45, 2.75) is 21.0 Å². The fourth-order valence-electron chi connectivity index (χ4n) is 2.37. The molecule has 0 aliphatic carbocycles. The topological polar surface area (TPSA) is 43.6 Å². The van der Waals surface area contributed by atoms with Gasteiger partial charge in [-0.05, 0) is 24.3 Å². The lowest BCUT2D eigenvalue weighted by molar-refractivity contribution is 0.789. The van der Waals surface area contributed by atoms with Crippen LogP contribution in [0.5, 0.6) is 0 Å². The van der Waals surface area contributed by atoms with Crippen LogP contribution in [-0.2, 0) is 18.6 Å². The molecule has 25 heavy (non-hydrogen) atoms. The van der Waals surface area contributed by atoms with Gasteiger partial charge in [0.25, 0.3) is 0 Å². The predicted molar refractivity (Wildman–Crippen MR) is 106 cm³/mol. The summed E-state index contributed by atoms with van der Waals surface area (Å²) < 4.78 is 4.35. The van der Waals surface area contributed by atoms with Gasteiger partial charge in [0.2, 0.25) is 0 Å². The van der Waals surface area contributed by atoms with Crippen LogP contribution in [0.3, 0.4) is 0 Å².